The van der Waals surface area contributed by atoms with Crippen molar-refractivity contribution in [2.45, 2.75) is 25.2 Å². The van der Waals surface area contributed by atoms with E-state index in [0.29, 0.717) is 5.41 Å². The van der Waals surface area contributed by atoms with Gasteiger partial charge in [-0.1, -0.05) is 6.92 Å². The fourth-order valence-corrected chi connectivity index (χ4v) is 2.91. The number of rotatable bonds is 4. The Labute approximate surface area is 104 Å². The molecule has 3 nitrogen and oxygen atoms in total. The number of aromatic nitrogens is 1. The molecule has 0 amide bonds. The van der Waals surface area contributed by atoms with Gasteiger partial charge in [0.05, 0.1) is 0 Å². The second-order valence-electron chi connectivity index (χ2n) is 4.98. The lowest BCUT2D eigenvalue weighted by molar-refractivity contribution is 0.164. The van der Waals surface area contributed by atoms with Gasteiger partial charge in [0.1, 0.15) is 0 Å². The number of piperidine rings is 1. The zero-order chi connectivity index (χ0) is 12.1. The third-order valence-electron chi connectivity index (χ3n) is 4.07. The first-order valence-electron chi connectivity index (χ1n) is 6.58. The standard InChI is InChI=1S/C14H23N3/c1-3-17-10-6-14(7-11-17,12-15-2)13-4-8-16-9-5-13/h4-5,8-9,15H,3,6-7,10-12H2,1-2H3. The van der Waals surface area contributed by atoms with Crippen molar-refractivity contribution in [3.8, 4) is 0 Å². The highest BCUT2D eigenvalue weighted by Crippen LogP contribution is 2.34. The van der Waals surface area contributed by atoms with Crippen molar-refractivity contribution in [3.63, 3.8) is 0 Å². The van der Waals surface area contributed by atoms with Crippen LogP contribution in [-0.2, 0) is 5.41 Å². The monoisotopic (exact) mass is 233 g/mol. The molecule has 0 spiro atoms. The minimum absolute atomic E-state index is 0.309. The van der Waals surface area contributed by atoms with Gasteiger partial charge in [-0.05, 0) is 57.2 Å². The van der Waals surface area contributed by atoms with Crippen molar-refractivity contribution in [3.05, 3.63) is 30.1 Å². The Morgan fingerprint density at radius 2 is 1.94 bits per heavy atom. The van der Waals surface area contributed by atoms with Crippen LogP contribution < -0.4 is 5.32 Å². The maximum absolute atomic E-state index is 4.13. The zero-order valence-electron chi connectivity index (χ0n) is 10.9. The molecule has 1 N–H and O–H groups in total. The molecule has 0 aromatic carbocycles. The van der Waals surface area contributed by atoms with E-state index in [9.17, 15) is 0 Å². The van der Waals surface area contributed by atoms with E-state index in [4.69, 9.17) is 0 Å². The summed E-state index contributed by atoms with van der Waals surface area (Å²) < 4.78 is 0. The third-order valence-corrected chi connectivity index (χ3v) is 4.07. The Kier molecular flexibility index (Phi) is 4.13. The van der Waals surface area contributed by atoms with Crippen molar-refractivity contribution < 1.29 is 0 Å². The number of pyridine rings is 1. The smallest absolute Gasteiger partial charge is 0.0270 e. The summed E-state index contributed by atoms with van der Waals surface area (Å²) in [7, 11) is 2.05. The lowest BCUT2D eigenvalue weighted by atomic mass is 9.73. The molecule has 0 bridgehead atoms. The summed E-state index contributed by atoms with van der Waals surface area (Å²) in [5.41, 5.74) is 1.75. The summed E-state index contributed by atoms with van der Waals surface area (Å²) in [6.45, 7) is 6.90. The molecule has 2 rings (SSSR count). The predicted octanol–water partition coefficient (Wildman–Crippen LogP) is 1.65. The first kappa shape index (κ1) is 12.5. The summed E-state index contributed by atoms with van der Waals surface area (Å²) in [5.74, 6) is 0. The summed E-state index contributed by atoms with van der Waals surface area (Å²) >= 11 is 0. The van der Waals surface area contributed by atoms with Crippen LogP contribution in [0.5, 0.6) is 0 Å². The third kappa shape index (κ3) is 2.67. The SMILES string of the molecule is CCN1CCC(CNC)(c2ccncc2)CC1. The van der Waals surface area contributed by atoms with Gasteiger partial charge >= 0.3 is 0 Å². The molecule has 1 aromatic heterocycles. The fraction of sp³-hybridized carbons (Fsp3) is 0.643. The van der Waals surface area contributed by atoms with Gasteiger partial charge in [-0.15, -0.1) is 0 Å². The molecular weight excluding hydrogens is 210 g/mol. The molecular formula is C14H23N3. The van der Waals surface area contributed by atoms with Crippen LogP contribution in [0.25, 0.3) is 0 Å². The molecule has 0 radical (unpaired) electrons. The number of likely N-dealkylation sites (N-methyl/N-ethyl adjacent to an activating group) is 1. The highest BCUT2D eigenvalue weighted by molar-refractivity contribution is 5.24. The topological polar surface area (TPSA) is 28.2 Å². The van der Waals surface area contributed by atoms with Crippen molar-refractivity contribution in [2.24, 2.45) is 0 Å². The molecule has 0 atom stereocenters. The maximum Gasteiger partial charge on any atom is 0.0270 e. The lowest BCUT2D eigenvalue weighted by Gasteiger charge is -2.42. The average Bonchev–Trinajstić information content (AvgIpc) is 2.41. The summed E-state index contributed by atoms with van der Waals surface area (Å²) in [5, 5.41) is 3.37. The molecule has 1 aliphatic rings. The second-order valence-corrected chi connectivity index (χ2v) is 4.98. The average molecular weight is 233 g/mol. The van der Waals surface area contributed by atoms with Crippen molar-refractivity contribution >= 4 is 0 Å². The summed E-state index contributed by atoms with van der Waals surface area (Å²) in [6.07, 6.45) is 6.31. The van der Waals surface area contributed by atoms with E-state index in [1.165, 1.54) is 38.0 Å². The maximum atomic E-state index is 4.13. The van der Waals surface area contributed by atoms with Crippen LogP contribution in [0.4, 0.5) is 0 Å². The normalized spacial score (nSPS) is 20.4. The lowest BCUT2D eigenvalue weighted by Crippen LogP contribution is -2.47. The number of hydrogen-bond donors (Lipinski definition) is 1. The quantitative estimate of drug-likeness (QED) is 0.857. The van der Waals surface area contributed by atoms with Crippen molar-refractivity contribution in [2.75, 3.05) is 33.2 Å². The molecule has 0 aliphatic carbocycles. The number of nitrogens with zero attached hydrogens (tertiary/aromatic N) is 2. The van der Waals surface area contributed by atoms with E-state index in [-0.39, 0.29) is 0 Å². The Morgan fingerprint density at radius 1 is 1.29 bits per heavy atom. The van der Waals surface area contributed by atoms with Crippen LogP contribution in [0.15, 0.2) is 24.5 Å². The number of nitrogens with one attached hydrogen (secondary N) is 1. The van der Waals surface area contributed by atoms with E-state index < -0.39 is 0 Å². The molecule has 0 unspecified atom stereocenters. The van der Waals surface area contributed by atoms with Gasteiger partial charge in [0.2, 0.25) is 0 Å². The Morgan fingerprint density at radius 3 is 2.47 bits per heavy atom. The van der Waals surface area contributed by atoms with Crippen LogP contribution in [0.2, 0.25) is 0 Å². The fourth-order valence-electron chi connectivity index (χ4n) is 2.91. The van der Waals surface area contributed by atoms with E-state index in [1.807, 2.05) is 12.4 Å². The van der Waals surface area contributed by atoms with Crippen molar-refractivity contribution in [1.82, 2.24) is 15.2 Å². The van der Waals surface area contributed by atoms with Gasteiger partial charge in [-0.2, -0.15) is 0 Å². The van der Waals surface area contributed by atoms with E-state index in [2.05, 4.69) is 41.3 Å². The van der Waals surface area contributed by atoms with Crippen LogP contribution >= 0.6 is 0 Å². The Bertz CT molecular complexity index is 329. The minimum Gasteiger partial charge on any atom is -0.319 e. The van der Waals surface area contributed by atoms with Gasteiger partial charge in [-0.25, -0.2) is 0 Å². The molecule has 1 saturated heterocycles. The molecule has 3 heteroatoms. The van der Waals surface area contributed by atoms with Gasteiger partial charge in [0.25, 0.3) is 0 Å². The van der Waals surface area contributed by atoms with Crippen LogP contribution in [0.3, 0.4) is 0 Å². The highest BCUT2D eigenvalue weighted by atomic mass is 15.1. The largest absolute Gasteiger partial charge is 0.319 e. The molecule has 94 valence electrons. The summed E-state index contributed by atoms with van der Waals surface area (Å²) in [6, 6.07) is 4.36. The van der Waals surface area contributed by atoms with Crippen LogP contribution in [0.1, 0.15) is 25.3 Å². The molecule has 1 fully saturated rings. The zero-order valence-corrected chi connectivity index (χ0v) is 10.9. The van der Waals surface area contributed by atoms with E-state index >= 15 is 0 Å². The van der Waals surface area contributed by atoms with Crippen molar-refractivity contribution in [1.29, 1.82) is 0 Å². The summed E-state index contributed by atoms with van der Waals surface area (Å²) in [4.78, 5) is 6.67. The molecule has 1 aromatic rings. The highest BCUT2D eigenvalue weighted by Gasteiger charge is 2.35. The van der Waals surface area contributed by atoms with Crippen LogP contribution in [-0.4, -0.2) is 43.1 Å². The van der Waals surface area contributed by atoms with E-state index in [1.54, 1.807) is 0 Å². The van der Waals surface area contributed by atoms with E-state index in [0.717, 1.165) is 6.54 Å². The minimum atomic E-state index is 0.309. The molecule has 17 heavy (non-hydrogen) atoms. The first-order chi connectivity index (χ1) is 8.30. The second kappa shape index (κ2) is 5.61. The molecule has 0 saturated carbocycles. The predicted molar refractivity (Wildman–Crippen MR) is 71.2 cm³/mol. The Balaban J connectivity index is 2.17. The number of likely N-dealkylation sites (tertiary alicyclic amines) is 1. The first-order valence-corrected chi connectivity index (χ1v) is 6.58. The van der Waals surface area contributed by atoms with Crippen LogP contribution in [0, 0.1) is 0 Å². The van der Waals surface area contributed by atoms with Gasteiger partial charge in [0, 0.05) is 24.4 Å². The van der Waals surface area contributed by atoms with Gasteiger partial charge < -0.3 is 10.2 Å². The van der Waals surface area contributed by atoms with Gasteiger partial charge in [0.15, 0.2) is 0 Å². The molecule has 1 aliphatic heterocycles. The molecule has 2 heterocycles. The van der Waals surface area contributed by atoms with Gasteiger partial charge in [-0.3, -0.25) is 4.98 Å². The Hall–Kier alpha value is -0.930. The number of hydrogen-bond acceptors (Lipinski definition) is 3.